The fourth-order valence-corrected chi connectivity index (χ4v) is 4.91. The van der Waals surface area contributed by atoms with Crippen molar-refractivity contribution < 1.29 is 15.3 Å². The first kappa shape index (κ1) is 24.4. The van der Waals surface area contributed by atoms with Gasteiger partial charge in [0.05, 0.1) is 0 Å². The minimum Gasteiger partial charge on any atom is -0.508 e. The monoisotopic (exact) mass is 466 g/mol. The maximum Gasteiger partial charge on any atom is 0.115 e. The first-order chi connectivity index (χ1) is 16.5. The van der Waals surface area contributed by atoms with Gasteiger partial charge in [0.15, 0.2) is 0 Å². The lowest BCUT2D eigenvalue weighted by atomic mass is 9.60. The van der Waals surface area contributed by atoms with Crippen LogP contribution in [-0.2, 0) is 16.2 Å². The molecule has 0 heterocycles. The Morgan fingerprint density at radius 1 is 0.343 bits per heavy atom. The number of phenols is 3. The lowest BCUT2D eigenvalue weighted by Crippen LogP contribution is -2.40. The average Bonchev–Trinajstić information content (AvgIpc) is 2.84. The second kappa shape index (κ2) is 8.81. The van der Waals surface area contributed by atoms with E-state index in [0.717, 1.165) is 16.7 Å². The third kappa shape index (κ3) is 4.27. The maximum atomic E-state index is 9.86. The summed E-state index contributed by atoms with van der Waals surface area (Å²) < 4.78 is 0. The summed E-state index contributed by atoms with van der Waals surface area (Å²) in [5.41, 5.74) is 4.78. The standard InChI is InChI=1S/C32H34O3/c1-30(2,31(3,4)23-10-16-27(33)17-11-23)22-6-8-24(9-7-22)32(5,25-12-18-28(34)19-13-25)26-14-20-29(35)21-15-26/h6-21,33-35H,1-5H3. The molecule has 3 heteroatoms. The molecule has 180 valence electrons. The molecule has 4 aromatic rings. The lowest BCUT2D eigenvalue weighted by molar-refractivity contribution is 0.302. The van der Waals surface area contributed by atoms with Gasteiger partial charge < -0.3 is 15.3 Å². The second-order valence-corrected chi connectivity index (χ2v) is 10.6. The highest BCUT2D eigenvalue weighted by molar-refractivity contribution is 5.52. The molecule has 4 aromatic carbocycles. The van der Waals surface area contributed by atoms with Gasteiger partial charge in [0, 0.05) is 5.41 Å². The third-order valence-electron chi connectivity index (χ3n) is 8.22. The van der Waals surface area contributed by atoms with E-state index in [1.807, 2.05) is 36.4 Å². The van der Waals surface area contributed by atoms with Crippen molar-refractivity contribution in [3.05, 3.63) is 125 Å². The molecule has 0 unspecified atom stereocenters. The van der Waals surface area contributed by atoms with Gasteiger partial charge in [-0.3, -0.25) is 0 Å². The van der Waals surface area contributed by atoms with Crippen LogP contribution in [0, 0.1) is 0 Å². The van der Waals surface area contributed by atoms with Gasteiger partial charge in [0.2, 0.25) is 0 Å². The first-order valence-electron chi connectivity index (χ1n) is 12.0. The van der Waals surface area contributed by atoms with Crippen LogP contribution >= 0.6 is 0 Å². The zero-order valence-electron chi connectivity index (χ0n) is 21.1. The lowest BCUT2D eigenvalue weighted by Gasteiger charge is -2.43. The molecule has 3 N–H and O–H groups in total. The van der Waals surface area contributed by atoms with E-state index in [2.05, 4.69) is 58.9 Å². The summed E-state index contributed by atoms with van der Waals surface area (Å²) in [6, 6.07) is 30.9. The predicted octanol–water partition coefficient (Wildman–Crippen LogP) is 7.41. The van der Waals surface area contributed by atoms with Gasteiger partial charge in [0.25, 0.3) is 0 Å². The number of hydrogen-bond donors (Lipinski definition) is 3. The molecule has 0 radical (unpaired) electrons. The van der Waals surface area contributed by atoms with Crippen LogP contribution in [0.15, 0.2) is 97.1 Å². The number of benzene rings is 4. The molecule has 35 heavy (non-hydrogen) atoms. The Hall–Kier alpha value is -3.72. The van der Waals surface area contributed by atoms with Crippen molar-refractivity contribution in [2.75, 3.05) is 0 Å². The van der Waals surface area contributed by atoms with Crippen molar-refractivity contribution in [1.29, 1.82) is 0 Å². The molecule has 0 spiro atoms. The van der Waals surface area contributed by atoms with E-state index < -0.39 is 5.41 Å². The Bertz CT molecular complexity index is 1240. The van der Waals surface area contributed by atoms with Crippen LogP contribution in [0.1, 0.15) is 62.4 Å². The van der Waals surface area contributed by atoms with Crippen molar-refractivity contribution in [1.82, 2.24) is 0 Å². The zero-order chi connectivity index (χ0) is 25.4. The van der Waals surface area contributed by atoms with Crippen molar-refractivity contribution in [3.8, 4) is 17.2 Å². The van der Waals surface area contributed by atoms with Gasteiger partial charge in [-0.25, -0.2) is 0 Å². The molecule has 0 amide bonds. The van der Waals surface area contributed by atoms with Crippen LogP contribution in [0.5, 0.6) is 17.2 Å². The van der Waals surface area contributed by atoms with Crippen molar-refractivity contribution >= 4 is 0 Å². The molecule has 0 aliphatic carbocycles. The fraction of sp³-hybridized carbons (Fsp3) is 0.250. The van der Waals surface area contributed by atoms with Crippen LogP contribution in [0.4, 0.5) is 0 Å². The Morgan fingerprint density at radius 2 is 0.543 bits per heavy atom. The van der Waals surface area contributed by atoms with Crippen LogP contribution in [-0.4, -0.2) is 15.3 Å². The van der Waals surface area contributed by atoms with E-state index in [0.29, 0.717) is 0 Å². The second-order valence-electron chi connectivity index (χ2n) is 10.6. The van der Waals surface area contributed by atoms with Crippen molar-refractivity contribution in [3.63, 3.8) is 0 Å². The minimum absolute atomic E-state index is 0.181. The topological polar surface area (TPSA) is 60.7 Å². The molecule has 0 saturated heterocycles. The molecular formula is C32H34O3. The molecule has 0 aliphatic rings. The van der Waals surface area contributed by atoms with Crippen LogP contribution < -0.4 is 0 Å². The van der Waals surface area contributed by atoms with Crippen LogP contribution in [0.2, 0.25) is 0 Å². The van der Waals surface area contributed by atoms with E-state index in [1.54, 1.807) is 36.4 Å². The van der Waals surface area contributed by atoms with E-state index in [4.69, 9.17) is 0 Å². The Morgan fingerprint density at radius 3 is 0.829 bits per heavy atom. The maximum absolute atomic E-state index is 9.86. The van der Waals surface area contributed by atoms with E-state index in [9.17, 15) is 15.3 Å². The summed E-state index contributed by atoms with van der Waals surface area (Å²) in [6.45, 7) is 11.2. The summed E-state index contributed by atoms with van der Waals surface area (Å²) in [7, 11) is 0. The van der Waals surface area contributed by atoms with Gasteiger partial charge in [-0.2, -0.15) is 0 Å². The van der Waals surface area contributed by atoms with E-state index in [1.165, 1.54) is 11.1 Å². The molecule has 0 fully saturated rings. The highest BCUT2D eigenvalue weighted by Gasteiger charge is 2.40. The number of hydrogen-bond acceptors (Lipinski definition) is 3. The molecule has 0 saturated carbocycles. The molecule has 0 bridgehead atoms. The summed E-state index contributed by atoms with van der Waals surface area (Å²) in [5.74, 6) is 0.736. The zero-order valence-corrected chi connectivity index (χ0v) is 21.1. The summed E-state index contributed by atoms with van der Waals surface area (Å²) >= 11 is 0. The van der Waals surface area contributed by atoms with Gasteiger partial charge in [-0.1, -0.05) is 88.4 Å². The summed E-state index contributed by atoms with van der Waals surface area (Å²) in [4.78, 5) is 0. The van der Waals surface area contributed by atoms with Crippen LogP contribution in [0.3, 0.4) is 0 Å². The normalized spacial score (nSPS) is 12.5. The fourth-order valence-electron chi connectivity index (χ4n) is 4.91. The average molecular weight is 467 g/mol. The van der Waals surface area contributed by atoms with E-state index in [-0.39, 0.29) is 28.1 Å². The summed E-state index contributed by atoms with van der Waals surface area (Å²) in [6.07, 6.45) is 0. The SMILES string of the molecule is CC(c1ccc(O)cc1)(c1ccc(O)cc1)c1ccc(C(C)(C)C(C)(C)c2ccc(O)cc2)cc1. The molecule has 0 atom stereocenters. The highest BCUT2D eigenvalue weighted by Crippen LogP contribution is 2.45. The van der Waals surface area contributed by atoms with Crippen molar-refractivity contribution in [2.24, 2.45) is 0 Å². The first-order valence-corrected chi connectivity index (χ1v) is 12.0. The van der Waals surface area contributed by atoms with Gasteiger partial charge in [-0.05, 0) is 82.0 Å². The molecule has 0 aromatic heterocycles. The number of rotatable bonds is 6. The Balaban J connectivity index is 1.78. The van der Waals surface area contributed by atoms with Crippen molar-refractivity contribution in [2.45, 2.75) is 50.9 Å². The number of phenolic OH excluding ortho intramolecular Hbond substituents is 3. The quantitative estimate of drug-likeness (QED) is 0.259. The number of aromatic hydroxyl groups is 3. The molecule has 3 nitrogen and oxygen atoms in total. The van der Waals surface area contributed by atoms with Gasteiger partial charge in [0.1, 0.15) is 17.2 Å². The smallest absolute Gasteiger partial charge is 0.115 e. The molecular weight excluding hydrogens is 432 g/mol. The Labute approximate surface area is 208 Å². The summed E-state index contributed by atoms with van der Waals surface area (Å²) in [5, 5.41) is 29.5. The highest BCUT2D eigenvalue weighted by atomic mass is 16.3. The predicted molar refractivity (Wildman–Crippen MR) is 142 cm³/mol. The van der Waals surface area contributed by atoms with Gasteiger partial charge >= 0.3 is 0 Å². The van der Waals surface area contributed by atoms with E-state index >= 15 is 0 Å². The minimum atomic E-state index is -0.476. The Kier molecular flexibility index (Phi) is 6.14. The molecule has 4 rings (SSSR count). The molecule has 0 aliphatic heterocycles. The largest absolute Gasteiger partial charge is 0.508 e. The van der Waals surface area contributed by atoms with Crippen LogP contribution in [0.25, 0.3) is 0 Å². The van der Waals surface area contributed by atoms with Gasteiger partial charge in [-0.15, -0.1) is 0 Å². The third-order valence-corrected chi connectivity index (χ3v) is 8.22.